The molecule has 0 spiro atoms. The van der Waals surface area contributed by atoms with Gasteiger partial charge in [-0.05, 0) is 79.1 Å². The summed E-state index contributed by atoms with van der Waals surface area (Å²) in [6, 6.07) is 16.0. The molecule has 3 rings (SSSR count). The van der Waals surface area contributed by atoms with Gasteiger partial charge >= 0.3 is 0 Å². The molecule has 8 nitrogen and oxygen atoms in total. The lowest BCUT2D eigenvalue weighted by atomic mass is 10.0. The van der Waals surface area contributed by atoms with Crippen LogP contribution < -0.4 is 10.3 Å². The SMILES string of the molecule is Cc1cc(/C=C/C#N)cc(C)c1Nc1ccnc(N(N=O)c2ccc(C#N)cc2)n1. The lowest BCUT2D eigenvalue weighted by Gasteiger charge is -2.16. The molecule has 0 aliphatic heterocycles. The van der Waals surface area contributed by atoms with Crippen molar-refractivity contribution in [1.29, 1.82) is 10.5 Å². The van der Waals surface area contributed by atoms with Crippen LogP contribution >= 0.6 is 0 Å². The Morgan fingerprint density at radius 3 is 2.40 bits per heavy atom. The Bertz CT molecular complexity index is 1160. The molecule has 0 radical (unpaired) electrons. The molecule has 0 aliphatic rings. The van der Waals surface area contributed by atoms with E-state index in [4.69, 9.17) is 10.5 Å². The van der Waals surface area contributed by atoms with Crippen LogP contribution in [0.3, 0.4) is 0 Å². The van der Waals surface area contributed by atoms with Gasteiger partial charge in [0, 0.05) is 18.0 Å². The summed E-state index contributed by atoms with van der Waals surface area (Å²) in [5.74, 6) is 0.595. The molecule has 0 saturated heterocycles. The number of hydrogen-bond donors (Lipinski definition) is 1. The van der Waals surface area contributed by atoms with Gasteiger partial charge in [0.2, 0.25) is 0 Å². The van der Waals surface area contributed by atoms with Crippen LogP contribution in [0.5, 0.6) is 0 Å². The lowest BCUT2D eigenvalue weighted by molar-refractivity contribution is 0.971. The van der Waals surface area contributed by atoms with E-state index in [1.165, 1.54) is 12.3 Å². The van der Waals surface area contributed by atoms with E-state index in [9.17, 15) is 4.91 Å². The molecule has 0 aliphatic carbocycles. The van der Waals surface area contributed by atoms with E-state index in [0.717, 1.165) is 27.4 Å². The maximum atomic E-state index is 11.4. The molecule has 1 heterocycles. The fourth-order valence-corrected chi connectivity index (χ4v) is 2.95. The average molecular weight is 395 g/mol. The topological polar surface area (TPSA) is 118 Å². The first-order valence-corrected chi connectivity index (χ1v) is 8.96. The van der Waals surface area contributed by atoms with Crippen molar-refractivity contribution in [3.8, 4) is 12.1 Å². The predicted molar refractivity (Wildman–Crippen MR) is 115 cm³/mol. The third-order valence-electron chi connectivity index (χ3n) is 4.31. The fourth-order valence-electron chi connectivity index (χ4n) is 2.95. The summed E-state index contributed by atoms with van der Waals surface area (Å²) in [7, 11) is 0. The van der Waals surface area contributed by atoms with E-state index in [1.807, 2.05) is 38.1 Å². The maximum Gasteiger partial charge on any atom is 0.255 e. The van der Waals surface area contributed by atoms with Gasteiger partial charge in [-0.15, -0.1) is 4.91 Å². The predicted octanol–water partition coefficient (Wildman–Crippen LogP) is 5.07. The second-order valence-electron chi connectivity index (χ2n) is 6.41. The molecule has 0 atom stereocenters. The second kappa shape index (κ2) is 9.09. The number of nitroso groups, excluding NO2 is 1. The average Bonchev–Trinajstić information content (AvgIpc) is 2.76. The molecule has 30 heavy (non-hydrogen) atoms. The Morgan fingerprint density at radius 1 is 1.10 bits per heavy atom. The number of allylic oxidation sites excluding steroid dienone is 1. The molecule has 8 heteroatoms. The van der Waals surface area contributed by atoms with Crippen LogP contribution in [-0.2, 0) is 0 Å². The molecule has 0 bridgehead atoms. The van der Waals surface area contributed by atoms with Gasteiger partial charge in [-0.2, -0.15) is 20.5 Å². The van der Waals surface area contributed by atoms with Gasteiger partial charge in [-0.3, -0.25) is 0 Å². The van der Waals surface area contributed by atoms with Crippen molar-refractivity contribution in [2.24, 2.45) is 5.29 Å². The number of anilines is 4. The highest BCUT2D eigenvalue weighted by atomic mass is 16.3. The number of aryl methyl sites for hydroxylation is 2. The van der Waals surface area contributed by atoms with E-state index in [0.29, 0.717) is 17.1 Å². The number of nitrogens with zero attached hydrogens (tertiary/aromatic N) is 6. The van der Waals surface area contributed by atoms with Gasteiger partial charge in [-0.1, -0.05) is 0 Å². The van der Waals surface area contributed by atoms with Crippen LogP contribution in [0, 0.1) is 41.4 Å². The van der Waals surface area contributed by atoms with Crippen LogP contribution in [0.25, 0.3) is 6.08 Å². The fraction of sp³-hybridized carbons (Fsp3) is 0.0909. The van der Waals surface area contributed by atoms with Crippen molar-refractivity contribution in [3.63, 3.8) is 0 Å². The van der Waals surface area contributed by atoms with Gasteiger partial charge < -0.3 is 5.32 Å². The minimum absolute atomic E-state index is 0.101. The highest BCUT2D eigenvalue weighted by Gasteiger charge is 2.14. The number of benzene rings is 2. The number of hydrogen-bond acceptors (Lipinski definition) is 7. The van der Waals surface area contributed by atoms with E-state index < -0.39 is 0 Å². The van der Waals surface area contributed by atoms with E-state index in [2.05, 4.69) is 20.6 Å². The Balaban J connectivity index is 1.90. The van der Waals surface area contributed by atoms with Crippen LogP contribution in [-0.4, -0.2) is 9.97 Å². The lowest BCUT2D eigenvalue weighted by Crippen LogP contribution is -2.12. The largest absolute Gasteiger partial charge is 0.340 e. The summed E-state index contributed by atoms with van der Waals surface area (Å²) >= 11 is 0. The van der Waals surface area contributed by atoms with Gasteiger partial charge in [0.1, 0.15) is 5.82 Å². The standard InChI is InChI=1S/C22H17N7O/c1-15-12-18(4-3-10-23)13-16(2)21(15)26-20-9-11-25-22(27-20)29(28-30)19-7-5-17(14-24)6-8-19/h3-9,11-13H,1-2H3,(H,25,26,27)/b4-3+. The minimum atomic E-state index is 0.101. The third kappa shape index (κ3) is 4.46. The summed E-state index contributed by atoms with van der Waals surface area (Å²) in [4.78, 5) is 20.0. The smallest absolute Gasteiger partial charge is 0.255 e. The van der Waals surface area contributed by atoms with Crippen molar-refractivity contribution >= 4 is 29.2 Å². The minimum Gasteiger partial charge on any atom is -0.340 e. The Kier molecular flexibility index (Phi) is 6.11. The van der Waals surface area contributed by atoms with Gasteiger partial charge in [0.15, 0.2) is 0 Å². The van der Waals surface area contributed by atoms with Gasteiger partial charge in [-0.25, -0.2) is 4.98 Å². The molecule has 1 aromatic heterocycles. The zero-order chi connectivity index (χ0) is 21.5. The molecular weight excluding hydrogens is 378 g/mol. The van der Waals surface area contributed by atoms with Crippen molar-refractivity contribution in [1.82, 2.24) is 9.97 Å². The first-order valence-electron chi connectivity index (χ1n) is 8.96. The van der Waals surface area contributed by atoms with Crippen LogP contribution in [0.4, 0.5) is 23.1 Å². The summed E-state index contributed by atoms with van der Waals surface area (Å²) in [6.07, 6.45) is 4.71. The number of nitrogens with one attached hydrogen (secondary N) is 1. The molecule has 3 aromatic rings. The molecular formula is C22H17N7O. The van der Waals surface area contributed by atoms with Crippen molar-refractivity contribution in [2.75, 3.05) is 10.3 Å². The van der Waals surface area contributed by atoms with Crippen LogP contribution in [0.2, 0.25) is 0 Å². The Labute approximate surface area is 173 Å². The van der Waals surface area contributed by atoms with Gasteiger partial charge in [0.25, 0.3) is 5.95 Å². The molecule has 0 saturated carbocycles. The van der Waals surface area contributed by atoms with Gasteiger partial charge in [0.05, 0.1) is 28.7 Å². The summed E-state index contributed by atoms with van der Waals surface area (Å²) < 4.78 is 0. The van der Waals surface area contributed by atoms with Crippen molar-refractivity contribution < 1.29 is 0 Å². The Morgan fingerprint density at radius 2 is 1.80 bits per heavy atom. The monoisotopic (exact) mass is 395 g/mol. The summed E-state index contributed by atoms with van der Waals surface area (Å²) in [6.45, 7) is 3.91. The highest BCUT2D eigenvalue weighted by Crippen LogP contribution is 2.28. The van der Waals surface area contributed by atoms with Crippen molar-refractivity contribution in [2.45, 2.75) is 13.8 Å². The first-order chi connectivity index (χ1) is 14.5. The zero-order valence-corrected chi connectivity index (χ0v) is 16.4. The normalized spacial score (nSPS) is 10.3. The van der Waals surface area contributed by atoms with E-state index in [-0.39, 0.29) is 5.95 Å². The van der Waals surface area contributed by atoms with Crippen LogP contribution in [0.1, 0.15) is 22.3 Å². The molecule has 2 aromatic carbocycles. The van der Waals surface area contributed by atoms with Crippen LogP contribution in [0.15, 0.2) is 60.0 Å². The van der Waals surface area contributed by atoms with Crippen molar-refractivity contribution in [3.05, 3.63) is 81.9 Å². The third-order valence-corrected chi connectivity index (χ3v) is 4.31. The van der Waals surface area contributed by atoms with E-state index >= 15 is 0 Å². The second-order valence-corrected chi connectivity index (χ2v) is 6.41. The first kappa shape index (κ1) is 20.2. The highest BCUT2D eigenvalue weighted by molar-refractivity contribution is 5.69. The number of nitriles is 2. The Hall–Kier alpha value is -4.56. The zero-order valence-electron chi connectivity index (χ0n) is 16.4. The summed E-state index contributed by atoms with van der Waals surface area (Å²) in [5, 5.41) is 25.0. The van der Waals surface area contributed by atoms with E-state index in [1.54, 1.807) is 36.4 Å². The quantitative estimate of drug-likeness (QED) is 0.352. The number of aromatic nitrogens is 2. The molecule has 0 unspecified atom stereocenters. The summed E-state index contributed by atoms with van der Waals surface area (Å²) in [5.41, 5.74) is 4.67. The molecule has 146 valence electrons. The molecule has 0 fully saturated rings. The molecule has 1 N–H and O–H groups in total. The number of rotatable bonds is 6. The maximum absolute atomic E-state index is 11.4. The molecule has 0 amide bonds.